The molecule has 6 aromatic rings. The maximum absolute atomic E-state index is 14.1. The molecule has 0 unspecified atom stereocenters. The van der Waals surface area contributed by atoms with Gasteiger partial charge in [0.05, 0.1) is 25.2 Å². The zero-order valence-electron chi connectivity index (χ0n) is 43.2. The van der Waals surface area contributed by atoms with Crippen molar-refractivity contribution in [3.8, 4) is 11.5 Å². The van der Waals surface area contributed by atoms with Gasteiger partial charge < -0.3 is 75.0 Å². The molecule has 6 atom stereocenters. The summed E-state index contributed by atoms with van der Waals surface area (Å²) in [5.41, 5.74) is 31.3. The molecule has 0 saturated carbocycles. The lowest BCUT2D eigenvalue weighted by atomic mass is 10.0. The highest BCUT2D eigenvalue weighted by Gasteiger charge is 2.30. The van der Waals surface area contributed by atoms with Crippen LogP contribution in [0.3, 0.4) is 0 Å². The number of aromatic nitrogens is 2. The summed E-state index contributed by atoms with van der Waals surface area (Å²) in [5.74, 6) is -8.42. The summed E-state index contributed by atoms with van der Waals surface area (Å²) in [5, 5.41) is 35.5. The van der Waals surface area contributed by atoms with Gasteiger partial charge in [-0.2, -0.15) is 0 Å². The molecule has 422 valence electrons. The van der Waals surface area contributed by atoms with Crippen LogP contribution in [-0.2, 0) is 73.6 Å². The number of H-pyrrole nitrogens is 2. The summed E-state index contributed by atoms with van der Waals surface area (Å²) in [6.45, 7) is -1.46. The van der Waals surface area contributed by atoms with Gasteiger partial charge >= 0.3 is 0 Å². The Balaban J connectivity index is 1.12. The van der Waals surface area contributed by atoms with Crippen LogP contribution in [0.25, 0.3) is 21.8 Å². The molecule has 0 aliphatic heterocycles. The Kier molecular flexibility index (Phi) is 21.2. The first-order valence-electron chi connectivity index (χ1n) is 25.3. The fourth-order valence-electron chi connectivity index (χ4n) is 8.45. The lowest BCUT2D eigenvalue weighted by Gasteiger charge is -2.23. The third-order valence-corrected chi connectivity index (χ3v) is 12.7. The van der Waals surface area contributed by atoms with E-state index in [4.69, 9.17) is 22.9 Å². The minimum atomic E-state index is -1.43. The van der Waals surface area contributed by atoms with Crippen molar-refractivity contribution in [1.29, 1.82) is 0 Å². The average molecular weight is 1100 g/mol. The summed E-state index contributed by atoms with van der Waals surface area (Å²) in [4.78, 5) is 138. The van der Waals surface area contributed by atoms with Crippen LogP contribution in [-0.4, -0.2) is 129 Å². The second-order valence-electron chi connectivity index (χ2n) is 18.9. The van der Waals surface area contributed by atoms with E-state index in [1.807, 2.05) is 0 Å². The predicted octanol–water partition coefficient (Wildman–Crippen LogP) is -2.16. The third kappa shape index (κ3) is 17.9. The average Bonchev–Trinajstić information content (AvgIpc) is 4.10. The van der Waals surface area contributed by atoms with Crippen molar-refractivity contribution < 1.29 is 58.2 Å². The molecule has 0 bridgehead atoms. The van der Waals surface area contributed by atoms with Gasteiger partial charge in [0.1, 0.15) is 35.7 Å². The number of primary amides is 2. The Labute approximate surface area is 457 Å². The molecule has 0 fully saturated rings. The van der Waals surface area contributed by atoms with E-state index in [-0.39, 0.29) is 62.9 Å². The number of carbonyl (C=O) groups is 10. The molecule has 0 aliphatic carbocycles. The number of amides is 10. The zero-order chi connectivity index (χ0) is 57.9. The van der Waals surface area contributed by atoms with Crippen LogP contribution in [0.5, 0.6) is 11.5 Å². The molecular weight excluding hydrogens is 1040 g/mol. The van der Waals surface area contributed by atoms with Crippen molar-refractivity contribution in [2.75, 3.05) is 13.1 Å². The van der Waals surface area contributed by atoms with Crippen molar-refractivity contribution >= 4 is 80.9 Å². The normalized spacial score (nSPS) is 13.3. The quantitative estimate of drug-likeness (QED) is 0.0233. The van der Waals surface area contributed by atoms with E-state index in [1.54, 1.807) is 85.2 Å². The second-order valence-corrected chi connectivity index (χ2v) is 18.9. The fourth-order valence-corrected chi connectivity index (χ4v) is 8.45. The van der Waals surface area contributed by atoms with Gasteiger partial charge in [0.25, 0.3) is 11.8 Å². The standard InChI is InChI=1S/C54H64N14O12/c55-37(21-29-9-13-33(69)14-10-29)49(75)65-41(17-19-45(57)71)51(77)61-27-47(73)63-43(23-31-25-59-39-7-3-1-5-35(31)39)53(79)67-68-54(80)44(24-32-26-60-40-8-4-2-6-36(32)40)64-48(74)28-62-52(78)42(18-20-46(58)72)66-50(76)38(56)22-30-11-15-34(70)16-12-30/h1-16,25-26,37-38,41-44,59-60,69-70H,17-24,27-28,55-56H2,(H2,57,71)(H2,58,72)(H,61,77)(H,62,78)(H,63,73)(H,64,74)(H,65,75)(H,66,76)(H,67,79)(H,68,80)/t37-,38-,41+,42+,43-,44-/m0/s1. The van der Waals surface area contributed by atoms with Crippen molar-refractivity contribution in [3.63, 3.8) is 0 Å². The lowest BCUT2D eigenvalue weighted by molar-refractivity contribution is -0.134. The number of hydrogen-bond acceptors (Lipinski definition) is 14. The van der Waals surface area contributed by atoms with E-state index in [9.17, 15) is 58.2 Å². The number of hydrazine groups is 1. The first-order chi connectivity index (χ1) is 38.2. The fraction of sp³-hybridized carbons (Fsp3) is 0.296. The minimum absolute atomic E-state index is 0.00740. The molecule has 0 spiro atoms. The van der Waals surface area contributed by atoms with Gasteiger partial charge in [-0.05, 0) is 84.3 Å². The molecule has 2 aromatic heterocycles. The van der Waals surface area contributed by atoms with Crippen LogP contribution in [0.15, 0.2) is 109 Å². The Hall–Kier alpha value is -9.82. The number of benzene rings is 4. The zero-order valence-corrected chi connectivity index (χ0v) is 43.2. The lowest BCUT2D eigenvalue weighted by Crippen LogP contribution is -2.59. The molecule has 26 nitrogen and oxygen atoms in total. The molecule has 2 heterocycles. The number of carbonyl (C=O) groups excluding carboxylic acids is 10. The number of aromatic hydroxyl groups is 2. The molecule has 0 radical (unpaired) electrons. The highest BCUT2D eigenvalue weighted by atomic mass is 16.3. The molecular formula is C54H64N14O12. The molecule has 0 saturated heterocycles. The summed E-state index contributed by atoms with van der Waals surface area (Å²) >= 11 is 0. The molecule has 80 heavy (non-hydrogen) atoms. The monoisotopic (exact) mass is 1100 g/mol. The minimum Gasteiger partial charge on any atom is -0.508 e. The molecule has 4 aromatic carbocycles. The number of phenolic OH excluding ortho intramolecular Hbond substituents is 2. The second kappa shape index (κ2) is 28.5. The first kappa shape index (κ1) is 59.4. The Morgan fingerprint density at radius 1 is 0.438 bits per heavy atom. The summed E-state index contributed by atoms with van der Waals surface area (Å²) in [7, 11) is 0. The van der Waals surface area contributed by atoms with Crippen molar-refractivity contribution in [1.82, 2.24) is 52.7 Å². The molecule has 0 aliphatic rings. The number of phenols is 2. The van der Waals surface area contributed by atoms with E-state index in [0.717, 1.165) is 0 Å². The van der Waals surface area contributed by atoms with E-state index < -0.39 is 108 Å². The largest absolute Gasteiger partial charge is 0.508 e. The van der Waals surface area contributed by atoms with Crippen molar-refractivity contribution in [2.24, 2.45) is 22.9 Å². The van der Waals surface area contributed by atoms with Crippen LogP contribution in [0.2, 0.25) is 0 Å². The van der Waals surface area contributed by atoms with Crippen LogP contribution in [0, 0.1) is 0 Å². The smallest absolute Gasteiger partial charge is 0.261 e. The molecule has 6 rings (SSSR count). The van der Waals surface area contributed by atoms with E-state index >= 15 is 0 Å². The maximum atomic E-state index is 14.1. The summed E-state index contributed by atoms with van der Waals surface area (Å²) in [6, 6.07) is 18.3. The molecule has 10 amide bonds. The number of fused-ring (bicyclic) bond motifs is 2. The number of hydrogen-bond donors (Lipinski definition) is 16. The number of rotatable bonds is 28. The molecule has 20 N–H and O–H groups in total. The van der Waals surface area contributed by atoms with Crippen molar-refractivity contribution in [3.05, 3.63) is 132 Å². The van der Waals surface area contributed by atoms with Gasteiger partial charge in [-0.25, -0.2) is 0 Å². The van der Waals surface area contributed by atoms with E-state index in [0.29, 0.717) is 44.1 Å². The topological polar surface area (TPSA) is 443 Å². The molecule has 26 heteroatoms. The van der Waals surface area contributed by atoms with E-state index in [1.165, 1.54) is 24.3 Å². The Morgan fingerprint density at radius 3 is 1.16 bits per heavy atom. The number of nitrogens with one attached hydrogen (secondary N) is 10. The van der Waals surface area contributed by atoms with Crippen LogP contribution < -0.4 is 65.7 Å². The maximum Gasteiger partial charge on any atom is 0.261 e. The third-order valence-electron chi connectivity index (χ3n) is 12.7. The highest BCUT2D eigenvalue weighted by molar-refractivity contribution is 5.97. The summed E-state index contributed by atoms with van der Waals surface area (Å²) in [6.07, 6.45) is 1.89. The Morgan fingerprint density at radius 2 is 0.800 bits per heavy atom. The SMILES string of the molecule is NC(=O)CC[C@@H](NC(=O)[C@@H](N)Cc1ccc(O)cc1)C(=O)NCC(=O)N[C@@H](Cc1c[nH]c2ccccc12)C(=O)NNC(=O)[C@H](Cc1c[nH]c2ccccc12)NC(=O)CNC(=O)[C@@H](CCC(N)=O)NC(=O)[C@@H](N)Cc1ccc(O)cc1. The van der Waals surface area contributed by atoms with Gasteiger partial charge in [0.15, 0.2) is 0 Å². The van der Waals surface area contributed by atoms with Gasteiger partial charge in [-0.15, -0.1) is 0 Å². The predicted molar refractivity (Wildman–Crippen MR) is 290 cm³/mol. The highest BCUT2D eigenvalue weighted by Crippen LogP contribution is 2.21. The van der Waals surface area contributed by atoms with Gasteiger partial charge in [0, 0.05) is 59.9 Å². The number of aromatic amines is 2. The van der Waals surface area contributed by atoms with E-state index in [2.05, 4.69) is 52.7 Å². The number of para-hydroxylation sites is 2. The summed E-state index contributed by atoms with van der Waals surface area (Å²) < 4.78 is 0. The first-order valence-corrected chi connectivity index (χ1v) is 25.3. The van der Waals surface area contributed by atoms with Crippen molar-refractivity contribution in [2.45, 2.75) is 87.6 Å². The number of nitrogens with two attached hydrogens (primary N) is 4. The van der Waals surface area contributed by atoms with Gasteiger partial charge in [0.2, 0.25) is 47.3 Å². The van der Waals surface area contributed by atoms with Crippen LogP contribution in [0.4, 0.5) is 0 Å². The van der Waals surface area contributed by atoms with Crippen LogP contribution >= 0.6 is 0 Å². The Bertz CT molecular complexity index is 2990. The van der Waals surface area contributed by atoms with Crippen LogP contribution in [0.1, 0.15) is 47.9 Å². The van der Waals surface area contributed by atoms with Gasteiger partial charge in [-0.3, -0.25) is 58.8 Å². The van der Waals surface area contributed by atoms with Gasteiger partial charge in [-0.1, -0.05) is 60.7 Å².